The molecule has 5 fully saturated rings. The fourth-order valence-electron chi connectivity index (χ4n) is 7.61. The first-order valence-corrected chi connectivity index (χ1v) is 18.8. The number of amides is 2. The zero-order valence-corrected chi connectivity index (χ0v) is 30.4. The summed E-state index contributed by atoms with van der Waals surface area (Å²) in [7, 11) is 0. The van der Waals surface area contributed by atoms with Gasteiger partial charge in [0.25, 0.3) is 17.7 Å². The number of piperidine rings is 3. The molecule has 0 radical (unpaired) electrons. The molecule has 6 heterocycles. The Kier molecular flexibility index (Phi) is 8.40. The van der Waals surface area contributed by atoms with E-state index in [0.29, 0.717) is 37.5 Å². The minimum Gasteiger partial charge on any atom is -0.356 e. The third-order valence-electron chi connectivity index (χ3n) is 11.4. The fraction of sp³-hybridized carbons (Fsp3) is 0.543. The second-order valence-electron chi connectivity index (χ2n) is 14.5. The lowest BCUT2D eigenvalue weighted by Gasteiger charge is -2.35. The van der Waals surface area contributed by atoms with Gasteiger partial charge in [-0.3, -0.25) is 9.59 Å². The summed E-state index contributed by atoms with van der Waals surface area (Å²) in [6.07, 6.45) is 9.95. The molecule has 2 spiro atoms. The van der Waals surface area contributed by atoms with E-state index >= 15 is 0 Å². The number of halogens is 4. The van der Waals surface area contributed by atoms with Gasteiger partial charge in [-0.25, -0.2) is 28.6 Å². The normalized spacial score (nSPS) is 21.9. The zero-order valence-electron chi connectivity index (χ0n) is 27.2. The molecule has 258 valence electrons. The monoisotopic (exact) mass is 798 g/mol. The van der Waals surface area contributed by atoms with Crippen molar-refractivity contribution in [1.82, 2.24) is 19.9 Å². The molecule has 0 bridgehead atoms. The molecule has 0 unspecified atom stereocenters. The molecule has 3 saturated heterocycles. The molecule has 14 heteroatoms. The first-order valence-electron chi connectivity index (χ1n) is 17.2. The van der Waals surface area contributed by atoms with Gasteiger partial charge in [0, 0.05) is 58.3 Å². The van der Waals surface area contributed by atoms with Gasteiger partial charge in [-0.15, -0.1) is 0 Å². The first-order chi connectivity index (χ1) is 23.5. The Hall–Kier alpha value is -3.26. The number of hydrogen-bond acceptors (Lipinski definition) is 9. The second-order valence-corrected chi connectivity index (χ2v) is 16.1. The van der Waals surface area contributed by atoms with Crippen LogP contribution in [0.15, 0.2) is 45.7 Å². The number of imide groups is 1. The molecule has 0 aromatic carbocycles. The van der Waals surface area contributed by atoms with Crippen LogP contribution < -0.4 is 19.6 Å². The molecule has 49 heavy (non-hydrogen) atoms. The number of nitrogens with zero attached hydrogens (tertiary/aromatic N) is 8. The Morgan fingerprint density at radius 1 is 0.612 bits per heavy atom. The summed E-state index contributed by atoms with van der Waals surface area (Å²) in [4.78, 5) is 55.4. The smallest absolute Gasteiger partial charge is 0.271 e. The molecular weight excluding hydrogens is 762 g/mol. The largest absolute Gasteiger partial charge is 0.356 e. The van der Waals surface area contributed by atoms with E-state index in [9.17, 15) is 18.4 Å². The van der Waals surface area contributed by atoms with Crippen molar-refractivity contribution in [3.63, 3.8) is 0 Å². The molecule has 5 aliphatic rings. The topological polar surface area (TPSA) is 98.7 Å². The maximum Gasteiger partial charge on any atom is 0.271 e. The SMILES string of the molecule is O=C(c1ccc(Br)nc1N1CCC2(CC1)CC2)N(C(=O)c1ccc(Br)nc1N1CCC2(CC1)CC2)c1nccc(N2CCC(F)(F)CC2)n1. The molecule has 2 aliphatic carbocycles. The van der Waals surface area contributed by atoms with Crippen molar-refractivity contribution in [3.8, 4) is 0 Å². The van der Waals surface area contributed by atoms with Crippen molar-refractivity contribution < 1.29 is 18.4 Å². The molecule has 2 saturated carbocycles. The number of carbonyl (C=O) groups excluding carboxylic acids is 2. The van der Waals surface area contributed by atoms with Crippen LogP contribution in [0.2, 0.25) is 0 Å². The summed E-state index contributed by atoms with van der Waals surface area (Å²) >= 11 is 6.99. The number of carbonyl (C=O) groups is 2. The lowest BCUT2D eigenvalue weighted by Crippen LogP contribution is -2.43. The highest BCUT2D eigenvalue weighted by atomic mass is 79.9. The van der Waals surface area contributed by atoms with Crippen LogP contribution >= 0.6 is 31.9 Å². The standard InChI is InChI=1S/C35H38Br2F2N8O2/c36-25-3-1-23(28(41-25)45-17-10-33(6-7-33)11-18-45)30(48)47(32-40-16-5-27(43-32)44-21-14-35(38,39)15-22-44)31(49)24-2-4-26(37)42-29(24)46-19-12-34(8-9-34)13-20-46/h1-5,16H,6-15,17-22H2. The van der Waals surface area contributed by atoms with Crippen LogP contribution in [0, 0.1) is 10.8 Å². The summed E-state index contributed by atoms with van der Waals surface area (Å²) in [5, 5.41) is 0. The van der Waals surface area contributed by atoms with E-state index in [4.69, 9.17) is 9.97 Å². The van der Waals surface area contributed by atoms with Gasteiger partial charge in [0.2, 0.25) is 5.95 Å². The van der Waals surface area contributed by atoms with Gasteiger partial charge in [-0.05, 0) is 124 Å². The first kappa shape index (κ1) is 32.9. The molecule has 3 aliphatic heterocycles. The van der Waals surface area contributed by atoms with Gasteiger partial charge in [-0.1, -0.05) is 0 Å². The van der Waals surface area contributed by atoms with Crippen LogP contribution in [0.5, 0.6) is 0 Å². The molecule has 0 N–H and O–H groups in total. The second kappa shape index (κ2) is 12.5. The molecule has 0 atom stereocenters. The Labute approximate surface area is 300 Å². The van der Waals surface area contributed by atoms with E-state index in [0.717, 1.165) is 56.8 Å². The number of hydrogen-bond donors (Lipinski definition) is 0. The van der Waals surface area contributed by atoms with E-state index in [1.54, 1.807) is 35.2 Å². The van der Waals surface area contributed by atoms with E-state index in [1.807, 2.05) is 0 Å². The van der Waals surface area contributed by atoms with Crippen LogP contribution in [-0.2, 0) is 0 Å². The number of pyridine rings is 2. The predicted molar refractivity (Wildman–Crippen MR) is 190 cm³/mol. The van der Waals surface area contributed by atoms with Crippen molar-refractivity contribution in [2.45, 2.75) is 70.1 Å². The van der Waals surface area contributed by atoms with E-state index in [-0.39, 0.29) is 43.0 Å². The van der Waals surface area contributed by atoms with Crippen LogP contribution in [0.3, 0.4) is 0 Å². The van der Waals surface area contributed by atoms with Crippen LogP contribution in [0.25, 0.3) is 0 Å². The lowest BCUT2D eigenvalue weighted by atomic mass is 9.93. The third-order valence-corrected chi connectivity index (χ3v) is 12.2. The summed E-state index contributed by atoms with van der Waals surface area (Å²) in [6, 6.07) is 8.40. The molecule has 2 amide bonds. The van der Waals surface area contributed by atoms with Crippen molar-refractivity contribution in [2.24, 2.45) is 10.8 Å². The van der Waals surface area contributed by atoms with E-state index < -0.39 is 17.7 Å². The maximum absolute atomic E-state index is 14.9. The molecule has 8 rings (SSSR count). The Bertz CT molecular complexity index is 1680. The molecule has 3 aromatic rings. The van der Waals surface area contributed by atoms with Gasteiger partial charge >= 0.3 is 0 Å². The van der Waals surface area contributed by atoms with Gasteiger partial charge in [0.15, 0.2) is 0 Å². The average molecular weight is 801 g/mol. The number of rotatable bonds is 6. The zero-order chi connectivity index (χ0) is 34.0. The minimum atomic E-state index is -2.73. The highest BCUT2D eigenvalue weighted by Gasteiger charge is 2.46. The van der Waals surface area contributed by atoms with Crippen LogP contribution in [0.4, 0.5) is 32.2 Å². The highest BCUT2D eigenvalue weighted by Crippen LogP contribution is 2.55. The van der Waals surface area contributed by atoms with Crippen molar-refractivity contribution in [1.29, 1.82) is 0 Å². The fourth-order valence-corrected chi connectivity index (χ4v) is 8.21. The Morgan fingerprint density at radius 2 is 1.06 bits per heavy atom. The van der Waals surface area contributed by atoms with Gasteiger partial charge in [0.05, 0.1) is 11.1 Å². The average Bonchev–Trinajstić information content (AvgIpc) is 4.04. The quantitative estimate of drug-likeness (QED) is 0.188. The summed E-state index contributed by atoms with van der Waals surface area (Å²) in [6.45, 7) is 3.25. The van der Waals surface area contributed by atoms with Gasteiger partial charge in [-0.2, -0.15) is 4.98 Å². The Morgan fingerprint density at radius 3 is 1.51 bits per heavy atom. The minimum absolute atomic E-state index is 0.0970. The molecule has 10 nitrogen and oxygen atoms in total. The van der Waals surface area contributed by atoms with Gasteiger partial charge < -0.3 is 14.7 Å². The van der Waals surface area contributed by atoms with Crippen molar-refractivity contribution in [3.05, 3.63) is 56.9 Å². The van der Waals surface area contributed by atoms with Gasteiger partial charge in [0.1, 0.15) is 26.7 Å². The highest BCUT2D eigenvalue weighted by molar-refractivity contribution is 9.10. The lowest BCUT2D eigenvalue weighted by molar-refractivity contribution is -0.0221. The van der Waals surface area contributed by atoms with Crippen molar-refractivity contribution >= 4 is 67.1 Å². The van der Waals surface area contributed by atoms with Crippen LogP contribution in [0.1, 0.15) is 84.9 Å². The Balaban J connectivity index is 1.18. The molecule has 3 aromatic heterocycles. The summed E-state index contributed by atoms with van der Waals surface area (Å²) in [5.74, 6) is -2.70. The summed E-state index contributed by atoms with van der Waals surface area (Å²) in [5.41, 5.74) is 1.35. The number of anilines is 4. The predicted octanol–water partition coefficient (Wildman–Crippen LogP) is 7.28. The maximum atomic E-state index is 14.9. The number of alkyl halides is 2. The van der Waals surface area contributed by atoms with Crippen LogP contribution in [-0.4, -0.2) is 76.9 Å². The third kappa shape index (κ3) is 6.66. The van der Waals surface area contributed by atoms with E-state index in [1.165, 1.54) is 31.9 Å². The summed E-state index contributed by atoms with van der Waals surface area (Å²) < 4.78 is 29.2. The number of aromatic nitrogens is 4. The van der Waals surface area contributed by atoms with E-state index in [2.05, 4.69) is 51.6 Å². The molecular formula is C35H38Br2F2N8O2. The van der Waals surface area contributed by atoms with Crippen molar-refractivity contribution in [2.75, 3.05) is 58.9 Å².